The molecule has 0 aliphatic rings. The lowest BCUT2D eigenvalue weighted by Gasteiger charge is -2.22. The lowest BCUT2D eigenvalue weighted by atomic mass is 10.1. The fraction of sp³-hybridized carbons (Fsp3) is 0.300. The van der Waals surface area contributed by atoms with Crippen molar-refractivity contribution in [2.45, 2.75) is 38.5 Å². The number of ether oxygens (including phenoxy) is 2. The third kappa shape index (κ3) is 5.72. The third-order valence-electron chi connectivity index (χ3n) is 4.06. The van der Waals surface area contributed by atoms with Crippen molar-refractivity contribution in [3.8, 4) is 11.5 Å². The number of esters is 2. The largest absolute Gasteiger partial charge is 0.504 e. The van der Waals surface area contributed by atoms with Crippen molar-refractivity contribution in [3.05, 3.63) is 59.7 Å². The van der Waals surface area contributed by atoms with Gasteiger partial charge >= 0.3 is 11.9 Å². The van der Waals surface area contributed by atoms with Crippen molar-refractivity contribution >= 4 is 11.9 Å². The molecule has 7 nitrogen and oxygen atoms in total. The van der Waals surface area contributed by atoms with Gasteiger partial charge in [-0.15, -0.1) is 0 Å². The summed E-state index contributed by atoms with van der Waals surface area (Å²) >= 11 is 0. The highest BCUT2D eigenvalue weighted by Crippen LogP contribution is 2.25. The van der Waals surface area contributed by atoms with Crippen LogP contribution in [0, 0.1) is 0 Å². The van der Waals surface area contributed by atoms with Gasteiger partial charge in [0.05, 0.1) is 5.56 Å². The summed E-state index contributed by atoms with van der Waals surface area (Å²) in [7, 11) is 0. The van der Waals surface area contributed by atoms with Gasteiger partial charge in [-0.3, -0.25) is 4.79 Å². The summed E-state index contributed by atoms with van der Waals surface area (Å²) in [6.45, 7) is 3.24. The molecule has 3 atom stereocenters. The number of carbonyl (C=O) groups is 2. The predicted octanol–water partition coefficient (Wildman–Crippen LogP) is 2.14. The zero-order valence-corrected chi connectivity index (χ0v) is 15.2. The quantitative estimate of drug-likeness (QED) is 0.502. The second kappa shape index (κ2) is 9.05. The van der Waals surface area contributed by atoms with Crippen LogP contribution in [0.2, 0.25) is 0 Å². The lowest BCUT2D eigenvalue weighted by molar-refractivity contribution is -0.154. The minimum absolute atomic E-state index is 0.123. The molecule has 4 N–H and O–H groups in total. The van der Waals surface area contributed by atoms with E-state index >= 15 is 0 Å². The van der Waals surface area contributed by atoms with E-state index in [9.17, 15) is 19.8 Å². The molecule has 144 valence electrons. The number of phenols is 2. The topological polar surface area (TPSA) is 119 Å². The van der Waals surface area contributed by atoms with Crippen LogP contribution in [0.25, 0.3) is 0 Å². The molecular formula is C20H23NO6. The summed E-state index contributed by atoms with van der Waals surface area (Å²) < 4.78 is 10.6. The van der Waals surface area contributed by atoms with Crippen molar-refractivity contribution in [2.24, 2.45) is 5.73 Å². The van der Waals surface area contributed by atoms with Crippen LogP contribution < -0.4 is 5.73 Å². The predicted molar refractivity (Wildman–Crippen MR) is 98.3 cm³/mol. The Morgan fingerprint density at radius 1 is 0.963 bits per heavy atom. The van der Waals surface area contributed by atoms with Gasteiger partial charge < -0.3 is 25.4 Å². The summed E-state index contributed by atoms with van der Waals surface area (Å²) in [5.41, 5.74) is 6.84. The average Bonchev–Trinajstić information content (AvgIpc) is 2.65. The van der Waals surface area contributed by atoms with Crippen LogP contribution in [0.4, 0.5) is 0 Å². The molecule has 7 heteroatoms. The summed E-state index contributed by atoms with van der Waals surface area (Å²) in [5.74, 6) is -1.70. The van der Waals surface area contributed by atoms with Gasteiger partial charge in [-0.25, -0.2) is 4.79 Å². The van der Waals surface area contributed by atoms with E-state index in [1.54, 1.807) is 50.2 Å². The zero-order chi connectivity index (χ0) is 20.0. The van der Waals surface area contributed by atoms with E-state index in [0.29, 0.717) is 11.1 Å². The van der Waals surface area contributed by atoms with Gasteiger partial charge in [0.25, 0.3) is 0 Å². The Morgan fingerprint density at radius 3 is 2.22 bits per heavy atom. The van der Waals surface area contributed by atoms with E-state index in [2.05, 4.69) is 0 Å². The molecule has 2 aromatic carbocycles. The van der Waals surface area contributed by atoms with Gasteiger partial charge in [-0.05, 0) is 50.1 Å². The molecule has 0 spiro atoms. The van der Waals surface area contributed by atoms with E-state index in [0.717, 1.165) is 0 Å². The van der Waals surface area contributed by atoms with Crippen molar-refractivity contribution in [2.75, 3.05) is 0 Å². The van der Waals surface area contributed by atoms with E-state index in [1.807, 2.05) is 0 Å². The highest BCUT2D eigenvalue weighted by atomic mass is 16.6. The smallest absolute Gasteiger partial charge is 0.338 e. The Hall–Kier alpha value is -3.06. The Labute approximate surface area is 157 Å². The first-order valence-corrected chi connectivity index (χ1v) is 8.51. The lowest BCUT2D eigenvalue weighted by Crippen LogP contribution is -2.39. The van der Waals surface area contributed by atoms with Gasteiger partial charge in [0.1, 0.15) is 18.2 Å². The molecule has 0 bridgehead atoms. The molecule has 0 heterocycles. The van der Waals surface area contributed by atoms with E-state index in [1.165, 1.54) is 12.1 Å². The minimum Gasteiger partial charge on any atom is -0.504 e. The third-order valence-corrected chi connectivity index (χ3v) is 4.06. The number of nitrogens with two attached hydrogens (primary N) is 1. The zero-order valence-electron chi connectivity index (χ0n) is 15.2. The number of hydrogen-bond acceptors (Lipinski definition) is 7. The second-order valence-electron chi connectivity index (χ2n) is 6.25. The average molecular weight is 373 g/mol. The summed E-state index contributed by atoms with van der Waals surface area (Å²) in [5, 5.41) is 18.8. The minimum atomic E-state index is -0.964. The molecule has 0 amide bonds. The molecule has 2 rings (SSSR count). The van der Waals surface area contributed by atoms with Crippen LogP contribution in [-0.4, -0.2) is 40.4 Å². The van der Waals surface area contributed by atoms with Gasteiger partial charge in [-0.2, -0.15) is 0 Å². The van der Waals surface area contributed by atoms with Crippen molar-refractivity contribution < 1.29 is 29.3 Å². The molecule has 0 saturated carbocycles. The fourth-order valence-corrected chi connectivity index (χ4v) is 2.31. The number of carbonyl (C=O) groups excluding carboxylic acids is 2. The Bertz CT molecular complexity index is 792. The Kier molecular flexibility index (Phi) is 6.79. The van der Waals surface area contributed by atoms with Crippen LogP contribution in [0.5, 0.6) is 11.5 Å². The molecule has 0 aliphatic heterocycles. The fourth-order valence-electron chi connectivity index (χ4n) is 2.31. The summed E-state index contributed by atoms with van der Waals surface area (Å²) in [6.07, 6.45) is -1.23. The van der Waals surface area contributed by atoms with E-state index < -0.39 is 30.2 Å². The highest BCUT2D eigenvalue weighted by Gasteiger charge is 2.24. The Morgan fingerprint density at radius 2 is 1.59 bits per heavy atom. The van der Waals surface area contributed by atoms with Crippen LogP contribution in [0.15, 0.2) is 48.5 Å². The first-order chi connectivity index (χ1) is 12.8. The van der Waals surface area contributed by atoms with Crippen LogP contribution in [0.3, 0.4) is 0 Å². The number of rotatable bonds is 7. The molecule has 0 aromatic heterocycles. The van der Waals surface area contributed by atoms with E-state index in [-0.39, 0.29) is 17.9 Å². The maximum absolute atomic E-state index is 12.2. The normalized spacial score (nSPS) is 14.0. The molecule has 0 unspecified atom stereocenters. The monoisotopic (exact) mass is 373 g/mol. The van der Waals surface area contributed by atoms with Crippen LogP contribution in [0.1, 0.15) is 29.8 Å². The molecule has 0 saturated heterocycles. The summed E-state index contributed by atoms with van der Waals surface area (Å²) in [6, 6.07) is 11.7. The van der Waals surface area contributed by atoms with Crippen molar-refractivity contribution in [3.63, 3.8) is 0 Å². The highest BCUT2D eigenvalue weighted by molar-refractivity contribution is 5.89. The molecule has 0 aliphatic carbocycles. The second-order valence-corrected chi connectivity index (χ2v) is 6.25. The maximum Gasteiger partial charge on any atom is 0.338 e. The molecule has 0 fully saturated rings. The number of aromatic hydroxyl groups is 2. The first kappa shape index (κ1) is 20.3. The van der Waals surface area contributed by atoms with Crippen molar-refractivity contribution in [1.29, 1.82) is 0 Å². The number of phenolic OH excluding ortho intramolecular Hbond substituents is 2. The van der Waals surface area contributed by atoms with Gasteiger partial charge in [-0.1, -0.05) is 24.3 Å². The number of benzene rings is 2. The van der Waals surface area contributed by atoms with Crippen LogP contribution >= 0.6 is 0 Å². The Balaban J connectivity index is 1.87. The maximum atomic E-state index is 12.2. The first-order valence-electron chi connectivity index (χ1n) is 8.51. The van der Waals surface area contributed by atoms with E-state index in [4.69, 9.17) is 15.2 Å². The molecule has 0 radical (unpaired) electrons. The molecular weight excluding hydrogens is 350 g/mol. The summed E-state index contributed by atoms with van der Waals surface area (Å²) in [4.78, 5) is 24.2. The van der Waals surface area contributed by atoms with Gasteiger partial charge in [0, 0.05) is 0 Å². The molecule has 27 heavy (non-hydrogen) atoms. The van der Waals surface area contributed by atoms with Crippen LogP contribution in [-0.2, 0) is 20.7 Å². The SMILES string of the molecule is C[C@H](OC(=O)c1ccccc1)[C@H](C)OC(=O)[C@@H](N)Cc1ccc(O)c(O)c1. The van der Waals surface area contributed by atoms with Gasteiger partial charge in [0.2, 0.25) is 0 Å². The molecule has 2 aromatic rings. The van der Waals surface area contributed by atoms with Crippen molar-refractivity contribution in [1.82, 2.24) is 0 Å². The number of hydrogen-bond donors (Lipinski definition) is 3. The van der Waals surface area contributed by atoms with Gasteiger partial charge in [0.15, 0.2) is 11.5 Å². The standard InChI is InChI=1S/C20H23NO6/c1-12(26-19(24)15-6-4-3-5-7-15)13(2)27-20(25)16(21)10-14-8-9-17(22)18(23)11-14/h3-9,11-13,16,22-23H,10,21H2,1-2H3/t12-,13-,16-/m0/s1.